The summed E-state index contributed by atoms with van der Waals surface area (Å²) in [6, 6.07) is 16.5. The zero-order valence-electron chi connectivity index (χ0n) is 14.8. The van der Waals surface area contributed by atoms with Crippen molar-refractivity contribution in [3.8, 4) is 0 Å². The Bertz CT molecular complexity index is 937. The molecule has 27 heavy (non-hydrogen) atoms. The third kappa shape index (κ3) is 3.60. The van der Waals surface area contributed by atoms with Crippen LogP contribution in [0.2, 0.25) is 0 Å². The Balaban J connectivity index is 1.55. The summed E-state index contributed by atoms with van der Waals surface area (Å²) in [5.74, 6) is -0.283. The minimum atomic E-state index is -0.556. The summed E-state index contributed by atoms with van der Waals surface area (Å²) in [4.78, 5) is 31.5. The van der Waals surface area contributed by atoms with Crippen LogP contribution in [0.15, 0.2) is 73.2 Å². The van der Waals surface area contributed by atoms with Crippen molar-refractivity contribution < 1.29 is 9.59 Å². The third-order valence-electron chi connectivity index (χ3n) is 4.77. The summed E-state index contributed by atoms with van der Waals surface area (Å²) >= 11 is 0. The van der Waals surface area contributed by atoms with Gasteiger partial charge >= 0.3 is 0 Å². The van der Waals surface area contributed by atoms with Crippen LogP contribution in [0.1, 0.15) is 21.6 Å². The molecule has 0 bridgehead atoms. The molecular weight excluding hydrogens is 340 g/mol. The Morgan fingerprint density at radius 2 is 1.81 bits per heavy atom. The van der Waals surface area contributed by atoms with Crippen LogP contribution in [0.3, 0.4) is 0 Å². The molecule has 0 saturated carbocycles. The predicted molar refractivity (Wildman–Crippen MR) is 101 cm³/mol. The van der Waals surface area contributed by atoms with Crippen molar-refractivity contribution in [3.63, 3.8) is 0 Å². The van der Waals surface area contributed by atoms with E-state index in [0.717, 1.165) is 11.1 Å². The summed E-state index contributed by atoms with van der Waals surface area (Å²) in [6.45, 7) is 1.25. The smallest absolute Gasteiger partial charge is 0.271 e. The lowest BCUT2D eigenvalue weighted by molar-refractivity contribution is -0.126. The van der Waals surface area contributed by atoms with Crippen LogP contribution >= 0.6 is 0 Å². The van der Waals surface area contributed by atoms with Gasteiger partial charge in [0, 0.05) is 31.7 Å². The summed E-state index contributed by atoms with van der Waals surface area (Å²) in [6.07, 6.45) is 5.23. The van der Waals surface area contributed by atoms with Crippen molar-refractivity contribution in [2.45, 2.75) is 25.7 Å². The summed E-state index contributed by atoms with van der Waals surface area (Å²) in [5, 5.41) is 2.95. The lowest BCUT2D eigenvalue weighted by atomic mass is 10.1. The van der Waals surface area contributed by atoms with Crippen LogP contribution in [0.4, 0.5) is 0 Å². The Morgan fingerprint density at radius 3 is 2.59 bits per heavy atom. The van der Waals surface area contributed by atoms with Gasteiger partial charge in [-0.3, -0.25) is 14.6 Å². The van der Waals surface area contributed by atoms with Gasteiger partial charge in [-0.1, -0.05) is 30.3 Å². The van der Waals surface area contributed by atoms with E-state index in [4.69, 9.17) is 0 Å². The quantitative estimate of drug-likeness (QED) is 0.759. The van der Waals surface area contributed by atoms with Crippen molar-refractivity contribution in [2.24, 2.45) is 0 Å². The molecule has 3 aromatic rings. The van der Waals surface area contributed by atoms with E-state index in [1.54, 1.807) is 23.4 Å². The number of pyridine rings is 1. The maximum atomic E-state index is 13.0. The number of carbonyl (C=O) groups excluding carboxylic acids is 2. The van der Waals surface area contributed by atoms with Gasteiger partial charge in [-0.25, -0.2) is 0 Å². The number of carbonyl (C=O) groups is 2. The van der Waals surface area contributed by atoms with E-state index < -0.39 is 6.04 Å². The second-order valence-electron chi connectivity index (χ2n) is 6.55. The molecule has 6 nitrogen and oxygen atoms in total. The molecule has 1 aliphatic heterocycles. The van der Waals surface area contributed by atoms with Gasteiger partial charge in [-0.15, -0.1) is 0 Å². The molecule has 1 atom stereocenters. The second kappa shape index (κ2) is 7.45. The molecule has 0 radical (unpaired) electrons. The monoisotopic (exact) mass is 360 g/mol. The highest BCUT2D eigenvalue weighted by atomic mass is 16.2. The lowest BCUT2D eigenvalue weighted by Crippen LogP contribution is -2.54. The summed E-state index contributed by atoms with van der Waals surface area (Å²) in [7, 11) is 0. The minimum absolute atomic E-state index is 0.126. The van der Waals surface area contributed by atoms with E-state index in [-0.39, 0.29) is 11.8 Å². The average Bonchev–Trinajstić information content (AvgIpc) is 3.19. The fraction of sp³-hybridized carbons (Fsp3) is 0.190. The fourth-order valence-electron chi connectivity index (χ4n) is 3.34. The standard InChI is InChI=1S/C21H20N4O2/c26-20(23-13-16-8-10-22-11-9-16)19-15-24-12-4-7-18(24)21(27)25(19)14-17-5-2-1-3-6-17/h1-12,19H,13-15H2,(H,23,26). The highest BCUT2D eigenvalue weighted by Gasteiger charge is 2.36. The van der Waals surface area contributed by atoms with E-state index >= 15 is 0 Å². The summed E-state index contributed by atoms with van der Waals surface area (Å²) in [5.41, 5.74) is 2.58. The number of rotatable bonds is 5. The molecule has 0 aliphatic carbocycles. The van der Waals surface area contributed by atoms with E-state index in [2.05, 4.69) is 10.3 Å². The van der Waals surface area contributed by atoms with Gasteiger partial charge in [0.2, 0.25) is 5.91 Å². The SMILES string of the molecule is O=C(NCc1ccncc1)C1Cn2cccc2C(=O)N1Cc1ccccc1. The number of nitrogens with one attached hydrogen (secondary N) is 1. The molecule has 0 fully saturated rings. The molecule has 1 unspecified atom stereocenters. The molecule has 1 N–H and O–H groups in total. The van der Waals surface area contributed by atoms with Gasteiger partial charge < -0.3 is 14.8 Å². The Morgan fingerprint density at radius 1 is 1.04 bits per heavy atom. The van der Waals surface area contributed by atoms with E-state index in [9.17, 15) is 9.59 Å². The Hall–Kier alpha value is -3.41. The molecular formula is C21H20N4O2. The number of aromatic nitrogens is 2. The second-order valence-corrected chi connectivity index (χ2v) is 6.55. The van der Waals surface area contributed by atoms with Gasteiger partial charge in [0.15, 0.2) is 0 Å². The molecule has 0 spiro atoms. The lowest BCUT2D eigenvalue weighted by Gasteiger charge is -2.35. The number of fused-ring (bicyclic) bond motifs is 1. The van der Waals surface area contributed by atoms with Crippen LogP contribution in [-0.2, 0) is 24.4 Å². The van der Waals surface area contributed by atoms with Crippen molar-refractivity contribution in [1.29, 1.82) is 0 Å². The molecule has 2 amide bonds. The predicted octanol–water partition coefficient (Wildman–Crippen LogP) is 2.22. The molecule has 1 aromatic carbocycles. The van der Waals surface area contributed by atoms with Crippen LogP contribution in [0.5, 0.6) is 0 Å². The zero-order chi connectivity index (χ0) is 18.6. The molecule has 0 saturated heterocycles. The van der Waals surface area contributed by atoms with Crippen LogP contribution in [0, 0.1) is 0 Å². The first kappa shape index (κ1) is 17.0. The van der Waals surface area contributed by atoms with E-state index in [1.807, 2.05) is 59.3 Å². The van der Waals surface area contributed by atoms with Crippen molar-refractivity contribution in [3.05, 3.63) is 90.0 Å². The first-order valence-corrected chi connectivity index (χ1v) is 8.89. The number of benzene rings is 1. The van der Waals surface area contributed by atoms with Gasteiger partial charge in [-0.2, -0.15) is 0 Å². The third-order valence-corrected chi connectivity index (χ3v) is 4.77. The number of hydrogen-bond donors (Lipinski definition) is 1. The maximum Gasteiger partial charge on any atom is 0.271 e. The van der Waals surface area contributed by atoms with Crippen LogP contribution in [-0.4, -0.2) is 32.3 Å². The molecule has 3 heterocycles. The molecule has 6 heteroatoms. The molecule has 4 rings (SSSR count). The molecule has 2 aromatic heterocycles. The molecule has 136 valence electrons. The van der Waals surface area contributed by atoms with Gasteiger partial charge in [0.05, 0.1) is 6.54 Å². The highest BCUT2D eigenvalue weighted by molar-refractivity contribution is 5.97. The average molecular weight is 360 g/mol. The molecule has 1 aliphatic rings. The normalized spacial score (nSPS) is 16.1. The van der Waals surface area contributed by atoms with Gasteiger partial charge in [0.25, 0.3) is 5.91 Å². The number of hydrogen-bond acceptors (Lipinski definition) is 3. The van der Waals surface area contributed by atoms with Crippen molar-refractivity contribution in [1.82, 2.24) is 19.8 Å². The Labute approximate surface area is 157 Å². The van der Waals surface area contributed by atoms with Gasteiger partial charge in [-0.05, 0) is 35.4 Å². The Kier molecular flexibility index (Phi) is 4.70. The van der Waals surface area contributed by atoms with Crippen molar-refractivity contribution in [2.75, 3.05) is 0 Å². The first-order chi connectivity index (χ1) is 13.2. The summed E-state index contributed by atoms with van der Waals surface area (Å²) < 4.78 is 1.85. The maximum absolute atomic E-state index is 13.0. The zero-order valence-corrected chi connectivity index (χ0v) is 14.8. The fourth-order valence-corrected chi connectivity index (χ4v) is 3.34. The number of amides is 2. The van der Waals surface area contributed by atoms with E-state index in [0.29, 0.717) is 25.3 Å². The van der Waals surface area contributed by atoms with Crippen molar-refractivity contribution >= 4 is 11.8 Å². The van der Waals surface area contributed by atoms with E-state index in [1.165, 1.54) is 0 Å². The highest BCUT2D eigenvalue weighted by Crippen LogP contribution is 2.21. The minimum Gasteiger partial charge on any atom is -0.350 e. The first-order valence-electron chi connectivity index (χ1n) is 8.89. The van der Waals surface area contributed by atoms with Crippen LogP contribution in [0.25, 0.3) is 0 Å². The number of nitrogens with zero attached hydrogens (tertiary/aromatic N) is 3. The van der Waals surface area contributed by atoms with Crippen LogP contribution < -0.4 is 5.32 Å². The largest absolute Gasteiger partial charge is 0.350 e. The van der Waals surface area contributed by atoms with Gasteiger partial charge in [0.1, 0.15) is 11.7 Å². The topological polar surface area (TPSA) is 67.2 Å².